The van der Waals surface area contributed by atoms with Crippen LogP contribution in [0.15, 0.2) is 47.3 Å². The monoisotopic (exact) mass is 455 g/mol. The van der Waals surface area contributed by atoms with Gasteiger partial charge >= 0.3 is 5.97 Å². The molecule has 2 N–H and O–H groups in total. The van der Waals surface area contributed by atoms with Gasteiger partial charge in [0.1, 0.15) is 0 Å². The highest BCUT2D eigenvalue weighted by Crippen LogP contribution is 2.15. The quantitative estimate of drug-likeness (QED) is 0.292. The van der Waals surface area contributed by atoms with Crippen LogP contribution >= 0.6 is 12.2 Å². The Morgan fingerprint density at radius 2 is 1.91 bits per heavy atom. The van der Waals surface area contributed by atoms with Gasteiger partial charge in [-0.25, -0.2) is 4.79 Å². The molecule has 3 rings (SSSR count). The number of rotatable bonds is 9. The van der Waals surface area contributed by atoms with E-state index >= 15 is 0 Å². The Balaban J connectivity index is 1.77. The first-order chi connectivity index (χ1) is 15.4. The van der Waals surface area contributed by atoms with Crippen LogP contribution in [0.4, 0.5) is 0 Å². The van der Waals surface area contributed by atoms with E-state index in [1.807, 2.05) is 6.92 Å². The van der Waals surface area contributed by atoms with E-state index in [2.05, 4.69) is 10.3 Å². The van der Waals surface area contributed by atoms with Gasteiger partial charge in [0.2, 0.25) is 5.91 Å². The summed E-state index contributed by atoms with van der Waals surface area (Å²) >= 11 is 5.38. The molecule has 3 aromatic rings. The standard InChI is InChI=1S/C23H25N3O5S/c1-3-31-12-4-11-24-20(27)13-15-5-8-17(9-6-15)26-21(28)18-10-7-16(22(29)30-2)14-19(18)25-23(26)32/h5-10,14H,3-4,11-13H2,1-2H3,(H,24,27)(H,25,32). The van der Waals surface area contributed by atoms with Crippen LogP contribution in [0.1, 0.15) is 29.3 Å². The average Bonchev–Trinajstić information content (AvgIpc) is 2.79. The summed E-state index contributed by atoms with van der Waals surface area (Å²) in [7, 11) is 1.29. The van der Waals surface area contributed by atoms with Crippen LogP contribution in [0, 0.1) is 4.77 Å². The van der Waals surface area contributed by atoms with Crippen molar-refractivity contribution in [3.63, 3.8) is 0 Å². The fourth-order valence-electron chi connectivity index (χ4n) is 3.25. The summed E-state index contributed by atoms with van der Waals surface area (Å²) in [5.41, 5.74) is 1.87. The summed E-state index contributed by atoms with van der Waals surface area (Å²) in [6.45, 7) is 3.79. The van der Waals surface area contributed by atoms with Gasteiger partial charge in [0.15, 0.2) is 4.77 Å². The lowest BCUT2D eigenvalue weighted by Crippen LogP contribution is -2.26. The van der Waals surface area contributed by atoms with E-state index < -0.39 is 5.97 Å². The Morgan fingerprint density at radius 3 is 2.59 bits per heavy atom. The number of fused-ring (bicyclic) bond motifs is 1. The van der Waals surface area contributed by atoms with Crippen molar-refractivity contribution in [2.75, 3.05) is 26.9 Å². The number of aromatic amines is 1. The number of H-pyrrole nitrogens is 1. The third kappa shape index (κ3) is 5.49. The summed E-state index contributed by atoms with van der Waals surface area (Å²) < 4.78 is 11.5. The van der Waals surface area contributed by atoms with E-state index in [1.54, 1.807) is 36.4 Å². The number of nitrogens with one attached hydrogen (secondary N) is 2. The van der Waals surface area contributed by atoms with Crippen molar-refractivity contribution in [1.82, 2.24) is 14.9 Å². The van der Waals surface area contributed by atoms with Crippen LogP contribution in [0.3, 0.4) is 0 Å². The van der Waals surface area contributed by atoms with Gasteiger partial charge in [-0.05, 0) is 61.5 Å². The minimum atomic E-state index is -0.496. The second kappa shape index (κ2) is 10.8. The largest absolute Gasteiger partial charge is 0.465 e. The maximum atomic E-state index is 13.0. The number of carbonyl (C=O) groups is 2. The Kier molecular flexibility index (Phi) is 7.91. The van der Waals surface area contributed by atoms with Gasteiger partial charge < -0.3 is 19.8 Å². The molecule has 0 atom stereocenters. The SMILES string of the molecule is CCOCCCNC(=O)Cc1ccc(-n2c(=S)[nH]c3cc(C(=O)OC)ccc3c2=O)cc1. The predicted molar refractivity (Wildman–Crippen MR) is 124 cm³/mol. The van der Waals surface area contributed by atoms with Gasteiger partial charge in [-0.2, -0.15) is 0 Å². The fraction of sp³-hybridized carbons (Fsp3) is 0.304. The zero-order valence-corrected chi connectivity index (χ0v) is 18.8. The van der Waals surface area contributed by atoms with Crippen molar-refractivity contribution in [3.8, 4) is 5.69 Å². The lowest BCUT2D eigenvalue weighted by Gasteiger charge is -2.10. The van der Waals surface area contributed by atoms with E-state index in [9.17, 15) is 14.4 Å². The molecule has 0 spiro atoms. The fourth-order valence-corrected chi connectivity index (χ4v) is 3.55. The van der Waals surface area contributed by atoms with Crippen LogP contribution in [0.25, 0.3) is 16.6 Å². The van der Waals surface area contributed by atoms with Crippen molar-refractivity contribution in [2.24, 2.45) is 0 Å². The lowest BCUT2D eigenvalue weighted by atomic mass is 10.1. The molecule has 2 aromatic carbocycles. The normalized spacial score (nSPS) is 10.8. The summed E-state index contributed by atoms with van der Waals surface area (Å²) in [4.78, 5) is 39.9. The molecule has 8 nitrogen and oxygen atoms in total. The first kappa shape index (κ1) is 23.4. The maximum absolute atomic E-state index is 13.0. The van der Waals surface area contributed by atoms with Crippen LogP contribution in [-0.2, 0) is 20.7 Å². The van der Waals surface area contributed by atoms with Crippen LogP contribution in [0.5, 0.6) is 0 Å². The number of benzene rings is 2. The summed E-state index contributed by atoms with van der Waals surface area (Å²) in [5.74, 6) is -0.569. The zero-order chi connectivity index (χ0) is 23.1. The second-order valence-corrected chi connectivity index (χ2v) is 7.45. The smallest absolute Gasteiger partial charge is 0.337 e. The highest BCUT2D eigenvalue weighted by Gasteiger charge is 2.12. The van der Waals surface area contributed by atoms with E-state index in [-0.39, 0.29) is 22.7 Å². The summed E-state index contributed by atoms with van der Waals surface area (Å²) in [6.07, 6.45) is 1.01. The molecule has 0 aliphatic carbocycles. The van der Waals surface area contributed by atoms with Gasteiger partial charge in [-0.1, -0.05) is 12.1 Å². The molecule has 1 heterocycles. The number of hydrogen-bond acceptors (Lipinski definition) is 6. The Hall–Kier alpha value is -3.30. The number of nitrogens with zero attached hydrogens (tertiary/aromatic N) is 1. The van der Waals surface area contributed by atoms with Gasteiger partial charge in [0, 0.05) is 19.8 Å². The van der Waals surface area contributed by atoms with Crippen LogP contribution < -0.4 is 10.9 Å². The summed E-state index contributed by atoms with van der Waals surface area (Å²) in [6, 6.07) is 11.7. The molecule has 0 saturated carbocycles. The highest BCUT2D eigenvalue weighted by molar-refractivity contribution is 7.71. The zero-order valence-electron chi connectivity index (χ0n) is 18.0. The van der Waals surface area contributed by atoms with Crippen molar-refractivity contribution in [2.45, 2.75) is 19.8 Å². The van der Waals surface area contributed by atoms with Crippen molar-refractivity contribution >= 4 is 35.0 Å². The lowest BCUT2D eigenvalue weighted by molar-refractivity contribution is -0.120. The summed E-state index contributed by atoms with van der Waals surface area (Å²) in [5, 5.41) is 3.25. The van der Waals surface area contributed by atoms with Crippen LogP contribution in [0.2, 0.25) is 0 Å². The first-order valence-corrected chi connectivity index (χ1v) is 10.7. The average molecular weight is 456 g/mol. The van der Waals surface area contributed by atoms with Gasteiger partial charge in [0.05, 0.1) is 35.7 Å². The molecule has 168 valence electrons. The molecule has 0 radical (unpaired) electrons. The molecule has 0 saturated heterocycles. The minimum absolute atomic E-state index is 0.0733. The Morgan fingerprint density at radius 1 is 1.16 bits per heavy atom. The number of esters is 1. The first-order valence-electron chi connectivity index (χ1n) is 10.3. The number of methoxy groups -OCH3 is 1. The predicted octanol–water partition coefficient (Wildman–Crippen LogP) is 2.92. The van der Waals surface area contributed by atoms with Crippen molar-refractivity contribution in [1.29, 1.82) is 0 Å². The molecular formula is C23H25N3O5S. The molecule has 9 heteroatoms. The number of hydrogen-bond donors (Lipinski definition) is 2. The molecule has 0 aliphatic rings. The molecule has 0 unspecified atom stereocenters. The minimum Gasteiger partial charge on any atom is -0.465 e. The highest BCUT2D eigenvalue weighted by atomic mass is 32.1. The number of aromatic nitrogens is 2. The van der Waals surface area contributed by atoms with E-state index in [1.165, 1.54) is 17.7 Å². The third-order valence-electron chi connectivity index (χ3n) is 4.87. The van der Waals surface area contributed by atoms with Crippen molar-refractivity contribution in [3.05, 3.63) is 68.7 Å². The Labute approximate surface area is 190 Å². The van der Waals surface area contributed by atoms with Gasteiger partial charge in [-0.15, -0.1) is 0 Å². The molecule has 0 fully saturated rings. The Bertz CT molecular complexity index is 1230. The molecule has 0 bridgehead atoms. The van der Waals surface area contributed by atoms with E-state index in [4.69, 9.17) is 21.7 Å². The molecular weight excluding hydrogens is 430 g/mol. The maximum Gasteiger partial charge on any atom is 0.337 e. The van der Waals surface area contributed by atoms with Crippen molar-refractivity contribution < 1.29 is 19.1 Å². The molecule has 1 amide bonds. The van der Waals surface area contributed by atoms with E-state index in [0.717, 1.165) is 12.0 Å². The molecule has 0 aliphatic heterocycles. The number of carbonyl (C=O) groups excluding carboxylic acids is 2. The number of amides is 1. The molecule has 1 aromatic heterocycles. The second-order valence-electron chi connectivity index (χ2n) is 7.07. The third-order valence-corrected chi connectivity index (χ3v) is 5.15. The van der Waals surface area contributed by atoms with E-state index in [0.29, 0.717) is 41.9 Å². The number of ether oxygens (including phenoxy) is 2. The molecule has 32 heavy (non-hydrogen) atoms. The topological polar surface area (TPSA) is 102 Å². The van der Waals surface area contributed by atoms with Gasteiger partial charge in [0.25, 0.3) is 5.56 Å². The van der Waals surface area contributed by atoms with Crippen LogP contribution in [-0.4, -0.2) is 48.3 Å². The van der Waals surface area contributed by atoms with Gasteiger partial charge in [-0.3, -0.25) is 14.2 Å².